The van der Waals surface area contributed by atoms with Crippen LogP contribution in [-0.2, 0) is 4.79 Å². The first kappa shape index (κ1) is 7.54. The molecule has 0 saturated heterocycles. The lowest BCUT2D eigenvalue weighted by Gasteiger charge is -2.43. The molecule has 1 rings (SSSR count). The van der Waals surface area contributed by atoms with E-state index in [0.29, 0.717) is 0 Å². The fraction of sp³-hybridized carbons (Fsp3) is 0.857. The van der Waals surface area contributed by atoms with Crippen LogP contribution in [0.25, 0.3) is 0 Å². The van der Waals surface area contributed by atoms with E-state index in [1.807, 2.05) is 6.92 Å². The molecule has 3 heteroatoms. The van der Waals surface area contributed by atoms with Crippen LogP contribution in [0.2, 0.25) is 0 Å². The number of hydrogen-bond donors (Lipinski definition) is 2. The summed E-state index contributed by atoms with van der Waals surface area (Å²) in [6.07, 6.45) is 1.75. The molecule has 0 aliphatic heterocycles. The van der Waals surface area contributed by atoms with Crippen LogP contribution in [0, 0.1) is 11.3 Å². The van der Waals surface area contributed by atoms with E-state index in [2.05, 4.69) is 0 Å². The van der Waals surface area contributed by atoms with Crippen LogP contribution in [0.1, 0.15) is 19.8 Å². The summed E-state index contributed by atoms with van der Waals surface area (Å²) in [7, 11) is 0. The molecule has 1 aliphatic carbocycles. The molecule has 58 valence electrons. The smallest absolute Gasteiger partial charge is 0.311 e. The Bertz CT molecular complexity index is 154. The van der Waals surface area contributed by atoms with Gasteiger partial charge in [-0.1, -0.05) is 6.92 Å². The van der Waals surface area contributed by atoms with Gasteiger partial charge in [0.2, 0.25) is 0 Å². The average Bonchev–Trinajstić information content (AvgIpc) is 1.86. The molecule has 0 aromatic carbocycles. The first-order valence-corrected chi connectivity index (χ1v) is 3.57. The Morgan fingerprint density at radius 3 is 2.50 bits per heavy atom. The van der Waals surface area contributed by atoms with Crippen LogP contribution in [0.5, 0.6) is 0 Å². The van der Waals surface area contributed by atoms with E-state index in [9.17, 15) is 4.79 Å². The Hall–Kier alpha value is -0.570. The molecule has 1 fully saturated rings. The van der Waals surface area contributed by atoms with Crippen LogP contribution in [0.4, 0.5) is 0 Å². The van der Waals surface area contributed by atoms with Gasteiger partial charge in [0.15, 0.2) is 0 Å². The second kappa shape index (κ2) is 2.23. The highest BCUT2D eigenvalue weighted by Gasteiger charge is 2.49. The zero-order chi connectivity index (χ0) is 7.78. The molecule has 0 spiro atoms. The third kappa shape index (κ3) is 0.736. The molecule has 1 aliphatic rings. The van der Waals surface area contributed by atoms with Crippen molar-refractivity contribution in [1.29, 1.82) is 0 Å². The molecule has 3 N–H and O–H groups in total. The SMILES string of the molecule is C[C@H]1CC[C@@]1(CN)C(=O)O. The van der Waals surface area contributed by atoms with Gasteiger partial charge in [-0.05, 0) is 18.8 Å². The second-order valence-electron chi connectivity index (χ2n) is 3.11. The molecule has 2 atom stereocenters. The molecule has 1 saturated carbocycles. The van der Waals surface area contributed by atoms with Crippen molar-refractivity contribution in [3.05, 3.63) is 0 Å². The molecule has 10 heavy (non-hydrogen) atoms. The van der Waals surface area contributed by atoms with Gasteiger partial charge in [-0.15, -0.1) is 0 Å². The first-order valence-electron chi connectivity index (χ1n) is 3.57. The molecule has 3 nitrogen and oxygen atoms in total. The van der Waals surface area contributed by atoms with Crippen molar-refractivity contribution in [3.63, 3.8) is 0 Å². The molecule has 0 aromatic heterocycles. The maximum Gasteiger partial charge on any atom is 0.311 e. The summed E-state index contributed by atoms with van der Waals surface area (Å²) in [5.74, 6) is -0.469. The van der Waals surface area contributed by atoms with E-state index in [0.717, 1.165) is 12.8 Å². The Balaban J connectivity index is 2.69. The van der Waals surface area contributed by atoms with Crippen molar-refractivity contribution in [3.8, 4) is 0 Å². The van der Waals surface area contributed by atoms with Gasteiger partial charge in [0.05, 0.1) is 5.41 Å². The highest BCUT2D eigenvalue weighted by molar-refractivity contribution is 5.76. The average molecular weight is 143 g/mol. The first-order chi connectivity index (χ1) is 4.63. The maximum absolute atomic E-state index is 10.7. The number of aliphatic carboxylic acids is 1. The van der Waals surface area contributed by atoms with Crippen molar-refractivity contribution in [2.75, 3.05) is 6.54 Å². The van der Waals surface area contributed by atoms with Gasteiger partial charge in [0.25, 0.3) is 0 Å². The largest absolute Gasteiger partial charge is 0.481 e. The van der Waals surface area contributed by atoms with Crippen LogP contribution >= 0.6 is 0 Å². The Morgan fingerprint density at radius 2 is 2.50 bits per heavy atom. The number of hydrogen-bond acceptors (Lipinski definition) is 2. The minimum atomic E-state index is -0.728. The van der Waals surface area contributed by atoms with Gasteiger partial charge in [-0.2, -0.15) is 0 Å². The summed E-state index contributed by atoms with van der Waals surface area (Å²) in [6, 6.07) is 0. The Morgan fingerprint density at radius 1 is 1.90 bits per heavy atom. The fourth-order valence-electron chi connectivity index (χ4n) is 1.49. The molecule has 0 bridgehead atoms. The minimum Gasteiger partial charge on any atom is -0.481 e. The van der Waals surface area contributed by atoms with Crippen molar-refractivity contribution in [1.82, 2.24) is 0 Å². The molecule has 0 amide bonds. The molecule has 0 heterocycles. The Labute approximate surface area is 60.2 Å². The number of carboxylic acid groups (broad SMARTS) is 1. The third-order valence-corrected chi connectivity index (χ3v) is 2.76. The van der Waals surface area contributed by atoms with Gasteiger partial charge < -0.3 is 10.8 Å². The monoisotopic (exact) mass is 143 g/mol. The normalized spacial score (nSPS) is 38.8. The summed E-state index contributed by atoms with van der Waals surface area (Å²) in [5, 5.41) is 8.77. The Kier molecular flexibility index (Phi) is 1.68. The van der Waals surface area contributed by atoms with Crippen LogP contribution in [0.15, 0.2) is 0 Å². The molecule has 0 radical (unpaired) electrons. The minimum absolute atomic E-state index is 0.259. The van der Waals surface area contributed by atoms with Crippen molar-refractivity contribution in [2.45, 2.75) is 19.8 Å². The van der Waals surface area contributed by atoms with E-state index in [1.54, 1.807) is 0 Å². The van der Waals surface area contributed by atoms with E-state index < -0.39 is 11.4 Å². The summed E-state index contributed by atoms with van der Waals surface area (Å²) in [5.41, 5.74) is 4.80. The summed E-state index contributed by atoms with van der Waals surface area (Å²) in [6.45, 7) is 2.23. The molecular formula is C7H13NO2. The highest BCUT2D eigenvalue weighted by atomic mass is 16.4. The second-order valence-corrected chi connectivity index (χ2v) is 3.11. The van der Waals surface area contributed by atoms with Gasteiger partial charge in [-0.3, -0.25) is 4.79 Å². The topological polar surface area (TPSA) is 63.3 Å². The third-order valence-electron chi connectivity index (χ3n) is 2.76. The quantitative estimate of drug-likeness (QED) is 0.589. The zero-order valence-electron chi connectivity index (χ0n) is 6.13. The predicted octanol–water partition coefficient (Wildman–Crippen LogP) is 0.446. The van der Waals surface area contributed by atoms with Crippen molar-refractivity contribution in [2.24, 2.45) is 17.1 Å². The summed E-state index contributed by atoms with van der Waals surface area (Å²) in [4.78, 5) is 10.7. The fourth-order valence-corrected chi connectivity index (χ4v) is 1.49. The number of carbonyl (C=O) groups is 1. The molecule has 0 aromatic rings. The number of nitrogens with two attached hydrogens (primary N) is 1. The van der Waals surface area contributed by atoms with Gasteiger partial charge in [0, 0.05) is 6.54 Å². The van der Waals surface area contributed by atoms with Crippen LogP contribution < -0.4 is 5.73 Å². The number of rotatable bonds is 2. The van der Waals surface area contributed by atoms with Gasteiger partial charge in [0.1, 0.15) is 0 Å². The lowest BCUT2D eigenvalue weighted by Crippen LogP contribution is -2.50. The van der Waals surface area contributed by atoms with E-state index >= 15 is 0 Å². The van der Waals surface area contributed by atoms with E-state index in [-0.39, 0.29) is 12.5 Å². The molecule has 0 unspecified atom stereocenters. The maximum atomic E-state index is 10.7. The summed E-state index contributed by atoms with van der Waals surface area (Å²) < 4.78 is 0. The summed E-state index contributed by atoms with van der Waals surface area (Å²) >= 11 is 0. The molecular weight excluding hydrogens is 130 g/mol. The van der Waals surface area contributed by atoms with Crippen LogP contribution in [-0.4, -0.2) is 17.6 Å². The highest BCUT2D eigenvalue weighted by Crippen LogP contribution is 2.45. The van der Waals surface area contributed by atoms with E-state index in [1.165, 1.54) is 0 Å². The standard InChI is InChI=1S/C7H13NO2/c1-5-2-3-7(5,4-8)6(9)10/h5H,2-4,8H2,1H3,(H,9,10)/t5-,7-/m0/s1. The zero-order valence-corrected chi connectivity index (χ0v) is 6.13. The van der Waals surface area contributed by atoms with Gasteiger partial charge >= 0.3 is 5.97 Å². The predicted molar refractivity (Wildman–Crippen MR) is 37.5 cm³/mol. The van der Waals surface area contributed by atoms with Crippen molar-refractivity contribution < 1.29 is 9.90 Å². The lowest BCUT2D eigenvalue weighted by atomic mass is 9.61. The van der Waals surface area contributed by atoms with Gasteiger partial charge in [-0.25, -0.2) is 0 Å². The van der Waals surface area contributed by atoms with Crippen molar-refractivity contribution >= 4 is 5.97 Å². The lowest BCUT2D eigenvalue weighted by molar-refractivity contribution is -0.158. The van der Waals surface area contributed by atoms with E-state index in [4.69, 9.17) is 10.8 Å². The number of carboxylic acids is 1. The van der Waals surface area contributed by atoms with Crippen LogP contribution in [0.3, 0.4) is 0 Å².